The first-order chi connectivity index (χ1) is 16.3. The first kappa shape index (κ1) is 23.0. The van der Waals surface area contributed by atoms with Crippen LogP contribution in [0.1, 0.15) is 43.6 Å². The molecule has 35 heavy (non-hydrogen) atoms. The zero-order valence-electron chi connectivity index (χ0n) is 20.5. The lowest BCUT2D eigenvalue weighted by Gasteiger charge is -2.67. The van der Waals surface area contributed by atoms with Crippen LogP contribution in [0.15, 0.2) is 48.5 Å². The fourth-order valence-electron chi connectivity index (χ4n) is 6.70. The van der Waals surface area contributed by atoms with Gasteiger partial charge in [-0.2, -0.15) is 0 Å². The number of esters is 1. The van der Waals surface area contributed by atoms with Crippen molar-refractivity contribution in [1.29, 1.82) is 0 Å². The Kier molecular flexibility index (Phi) is 4.36. The van der Waals surface area contributed by atoms with Crippen LogP contribution in [0.3, 0.4) is 0 Å². The molecule has 8 heteroatoms. The van der Waals surface area contributed by atoms with Crippen LogP contribution in [0.4, 0.5) is 5.69 Å². The number of aryl methyl sites for hydroxylation is 1. The quantitative estimate of drug-likeness (QED) is 0.385. The number of carbonyl (C=O) groups is 5. The van der Waals surface area contributed by atoms with Gasteiger partial charge < -0.3 is 4.74 Å². The molecule has 4 unspecified atom stereocenters. The number of likely N-dealkylation sites (tertiary alicyclic amines) is 1. The van der Waals surface area contributed by atoms with E-state index in [-0.39, 0.29) is 11.3 Å². The largest absolute Gasteiger partial charge is 0.423 e. The average Bonchev–Trinajstić information content (AvgIpc) is 3.07. The molecule has 0 bridgehead atoms. The normalized spacial score (nSPS) is 33.5. The highest BCUT2D eigenvalue weighted by Gasteiger charge is 2.96. The molecule has 1 saturated carbocycles. The first-order valence-corrected chi connectivity index (χ1v) is 11.4. The van der Waals surface area contributed by atoms with E-state index in [0.29, 0.717) is 5.75 Å². The number of benzene rings is 2. The van der Waals surface area contributed by atoms with E-state index in [0.717, 1.165) is 15.4 Å². The smallest absolute Gasteiger partial charge is 0.343 e. The highest BCUT2D eigenvalue weighted by atomic mass is 16.5. The third-order valence-electron chi connectivity index (χ3n) is 9.32. The van der Waals surface area contributed by atoms with Crippen LogP contribution in [0, 0.1) is 28.6 Å². The van der Waals surface area contributed by atoms with Crippen molar-refractivity contribution in [3.05, 3.63) is 59.7 Å². The number of ether oxygens (including phenoxy) is 1. The second-order valence-corrected chi connectivity index (χ2v) is 10.4. The van der Waals surface area contributed by atoms with Crippen LogP contribution in [0.2, 0.25) is 0 Å². The van der Waals surface area contributed by atoms with Crippen molar-refractivity contribution in [1.82, 2.24) is 4.90 Å². The van der Waals surface area contributed by atoms with E-state index < -0.39 is 51.3 Å². The van der Waals surface area contributed by atoms with Crippen molar-refractivity contribution in [2.75, 3.05) is 11.9 Å². The molecule has 2 heterocycles. The molecule has 3 fully saturated rings. The molecule has 4 amide bonds. The monoisotopic (exact) mass is 474 g/mol. The Balaban J connectivity index is 1.48. The second kappa shape index (κ2) is 6.65. The second-order valence-electron chi connectivity index (χ2n) is 10.4. The lowest BCUT2D eigenvalue weighted by molar-refractivity contribution is -0.243. The number of fused-ring (bicyclic) bond motifs is 4. The van der Waals surface area contributed by atoms with Gasteiger partial charge in [0, 0.05) is 7.05 Å². The highest BCUT2D eigenvalue weighted by molar-refractivity contribution is 6.32. The molecule has 3 aliphatic rings. The van der Waals surface area contributed by atoms with Crippen LogP contribution in [-0.4, -0.2) is 41.5 Å². The van der Waals surface area contributed by atoms with Crippen LogP contribution in [0.5, 0.6) is 5.75 Å². The Hall–Kier alpha value is -3.81. The lowest BCUT2D eigenvalue weighted by atomic mass is 9.27. The maximum Gasteiger partial charge on any atom is 0.343 e. The van der Waals surface area contributed by atoms with Crippen molar-refractivity contribution < 1.29 is 28.7 Å². The van der Waals surface area contributed by atoms with Crippen molar-refractivity contribution >= 4 is 35.3 Å². The molecule has 2 aromatic carbocycles. The molecule has 2 saturated heterocycles. The summed E-state index contributed by atoms with van der Waals surface area (Å²) in [5.74, 6) is -2.15. The molecule has 5 rings (SSSR count). The summed E-state index contributed by atoms with van der Waals surface area (Å²) < 4.78 is 5.38. The summed E-state index contributed by atoms with van der Waals surface area (Å²) in [4.78, 5) is 68.5. The molecule has 2 aromatic rings. The highest BCUT2D eigenvalue weighted by Crippen LogP contribution is 2.84. The third-order valence-corrected chi connectivity index (χ3v) is 9.32. The fourth-order valence-corrected chi connectivity index (χ4v) is 6.70. The summed E-state index contributed by atoms with van der Waals surface area (Å²) in [6.45, 7) is 8.35. The van der Waals surface area contributed by atoms with E-state index in [9.17, 15) is 24.0 Å². The van der Waals surface area contributed by atoms with E-state index in [1.165, 1.54) is 31.3 Å². The number of rotatable bonds is 3. The van der Waals surface area contributed by atoms with Crippen LogP contribution < -0.4 is 9.64 Å². The van der Waals surface area contributed by atoms with Crippen molar-refractivity contribution in [3.63, 3.8) is 0 Å². The van der Waals surface area contributed by atoms with Gasteiger partial charge in [-0.1, -0.05) is 17.7 Å². The van der Waals surface area contributed by atoms with Gasteiger partial charge in [-0.05, 0) is 71.0 Å². The lowest BCUT2D eigenvalue weighted by Crippen LogP contribution is -2.77. The van der Waals surface area contributed by atoms with Crippen molar-refractivity contribution in [2.24, 2.45) is 21.7 Å². The zero-order valence-corrected chi connectivity index (χ0v) is 20.5. The van der Waals surface area contributed by atoms with E-state index in [2.05, 4.69) is 0 Å². The van der Waals surface area contributed by atoms with Crippen LogP contribution >= 0.6 is 0 Å². The third kappa shape index (κ3) is 2.21. The van der Waals surface area contributed by atoms with E-state index in [4.69, 9.17) is 4.74 Å². The topological polar surface area (TPSA) is 101 Å². The standard InChI is InChI=1S/C27H26N2O6/c1-15-7-13-18(14-8-15)35-19(30)16-9-11-17(12-10-16)29-22(33)26(4)24(2)20(31)28(6)21(32)25(24,3)27(26,5)23(29)34/h7-14H,1-6H3. The van der Waals surface area contributed by atoms with Gasteiger partial charge in [-0.25, -0.2) is 9.69 Å². The summed E-state index contributed by atoms with van der Waals surface area (Å²) in [5, 5.41) is 0. The molecule has 0 spiro atoms. The summed E-state index contributed by atoms with van der Waals surface area (Å²) in [6, 6.07) is 13.0. The summed E-state index contributed by atoms with van der Waals surface area (Å²) in [6.07, 6.45) is 0. The average molecular weight is 475 g/mol. The van der Waals surface area contributed by atoms with Gasteiger partial charge in [0.15, 0.2) is 0 Å². The Morgan fingerprint density at radius 3 is 1.57 bits per heavy atom. The maximum atomic E-state index is 13.8. The number of hydrogen-bond acceptors (Lipinski definition) is 6. The van der Waals surface area contributed by atoms with Gasteiger partial charge in [0.25, 0.3) is 0 Å². The van der Waals surface area contributed by atoms with Gasteiger partial charge in [-0.3, -0.25) is 24.1 Å². The minimum atomic E-state index is -1.40. The first-order valence-electron chi connectivity index (χ1n) is 11.4. The SMILES string of the molecule is Cc1ccc(OC(=O)c2ccc(N3C(=O)C4(C)C5(C)C(=O)N(C)C(=O)C5(C)C4(C)C3=O)cc2)cc1. The number of carbonyl (C=O) groups excluding carboxylic acids is 5. The molecule has 0 aromatic heterocycles. The predicted molar refractivity (Wildman–Crippen MR) is 125 cm³/mol. The minimum absolute atomic E-state index is 0.247. The molecule has 0 N–H and O–H groups in total. The number of amides is 4. The molecule has 8 nitrogen and oxygen atoms in total. The van der Waals surface area contributed by atoms with Gasteiger partial charge >= 0.3 is 5.97 Å². The van der Waals surface area contributed by atoms with Gasteiger partial charge in [0.2, 0.25) is 23.6 Å². The van der Waals surface area contributed by atoms with Gasteiger partial charge in [0.1, 0.15) is 5.75 Å². The minimum Gasteiger partial charge on any atom is -0.423 e. The Morgan fingerprint density at radius 2 is 1.11 bits per heavy atom. The Morgan fingerprint density at radius 1 is 0.686 bits per heavy atom. The number of hydrogen-bond donors (Lipinski definition) is 0. The molecule has 180 valence electrons. The summed E-state index contributed by atoms with van der Waals surface area (Å²) in [7, 11) is 1.39. The predicted octanol–water partition coefficient (Wildman–Crippen LogP) is 3.12. The number of nitrogens with zero attached hydrogens (tertiary/aromatic N) is 2. The van der Waals surface area contributed by atoms with Crippen LogP contribution in [-0.2, 0) is 19.2 Å². The van der Waals surface area contributed by atoms with Crippen molar-refractivity contribution in [2.45, 2.75) is 34.6 Å². The molecule has 2 aliphatic heterocycles. The molecule has 1 aliphatic carbocycles. The Bertz CT molecular complexity index is 1300. The Labute approximate surface area is 202 Å². The summed E-state index contributed by atoms with van der Waals surface area (Å²) in [5.41, 5.74) is -3.94. The molecular formula is C27H26N2O6. The molecule has 4 atom stereocenters. The van der Waals surface area contributed by atoms with E-state index in [1.54, 1.807) is 39.8 Å². The fraction of sp³-hybridized carbons (Fsp3) is 0.370. The molecular weight excluding hydrogens is 448 g/mol. The number of anilines is 1. The van der Waals surface area contributed by atoms with Crippen LogP contribution in [0.25, 0.3) is 0 Å². The maximum absolute atomic E-state index is 13.8. The van der Waals surface area contributed by atoms with Gasteiger partial charge in [0.05, 0.1) is 32.9 Å². The van der Waals surface area contributed by atoms with Crippen molar-refractivity contribution in [3.8, 4) is 5.75 Å². The zero-order chi connectivity index (χ0) is 25.7. The van der Waals surface area contributed by atoms with E-state index in [1.807, 2.05) is 19.1 Å². The van der Waals surface area contributed by atoms with E-state index >= 15 is 0 Å². The van der Waals surface area contributed by atoms with Gasteiger partial charge in [-0.15, -0.1) is 0 Å². The molecule has 0 radical (unpaired) electrons. The number of imide groups is 2. The summed E-state index contributed by atoms with van der Waals surface area (Å²) >= 11 is 0.